The maximum absolute atomic E-state index is 5.65. The van der Waals surface area contributed by atoms with Crippen LogP contribution in [-0.4, -0.2) is 11.5 Å². The highest BCUT2D eigenvalue weighted by atomic mass is 35.5. The van der Waals surface area contributed by atoms with Crippen molar-refractivity contribution in [3.63, 3.8) is 0 Å². The second-order valence-electron chi connectivity index (χ2n) is 1.42. The summed E-state index contributed by atoms with van der Waals surface area (Å²) in [4.78, 5) is 0. The summed E-state index contributed by atoms with van der Waals surface area (Å²) < 4.78 is 0. The summed E-state index contributed by atoms with van der Waals surface area (Å²) in [5.74, 6) is 1.45. The van der Waals surface area contributed by atoms with E-state index in [0.717, 1.165) is 10.8 Å². The smallest absolute Gasteiger partial charge is 0.0340 e. The third-order valence-corrected chi connectivity index (χ3v) is 2.56. The summed E-state index contributed by atoms with van der Waals surface area (Å²) in [6, 6.07) is 0. The third-order valence-electron chi connectivity index (χ3n) is 0.644. The van der Waals surface area contributed by atoms with Gasteiger partial charge in [-0.1, -0.05) is 29.3 Å². The van der Waals surface area contributed by atoms with Crippen LogP contribution in [0, 0.1) is 0 Å². The van der Waals surface area contributed by atoms with Crippen molar-refractivity contribution >= 4 is 47.6 Å². The van der Waals surface area contributed by atoms with Crippen LogP contribution in [0.2, 0.25) is 0 Å². The van der Waals surface area contributed by atoms with Gasteiger partial charge in [0.2, 0.25) is 0 Å². The minimum absolute atomic E-state index is 0.596. The minimum Gasteiger partial charge on any atom is -0.174 e. The molecule has 0 saturated carbocycles. The van der Waals surface area contributed by atoms with Gasteiger partial charge < -0.3 is 0 Å². The van der Waals surface area contributed by atoms with Gasteiger partial charge in [-0.2, -0.15) is 12.6 Å². The van der Waals surface area contributed by atoms with Gasteiger partial charge in [0.25, 0.3) is 0 Å². The first-order chi connectivity index (χ1) is 4.81. The predicted molar refractivity (Wildman–Crippen MR) is 55.2 cm³/mol. The normalized spacial score (nSPS) is 12.9. The summed E-state index contributed by atoms with van der Waals surface area (Å²) >= 11 is 16.5. The Morgan fingerprint density at radius 1 is 1.60 bits per heavy atom. The molecule has 0 atom stereocenters. The van der Waals surface area contributed by atoms with Crippen LogP contribution < -0.4 is 0 Å². The number of hydrogen-bond acceptors (Lipinski definition) is 2. The molecule has 0 aromatic rings. The Labute approximate surface area is 81.1 Å². The Morgan fingerprint density at radius 3 is 2.80 bits per heavy atom. The van der Waals surface area contributed by atoms with E-state index < -0.39 is 0 Å². The van der Waals surface area contributed by atoms with Crippen molar-refractivity contribution in [2.45, 2.75) is 0 Å². The minimum atomic E-state index is 0.596. The molecule has 0 saturated heterocycles. The van der Waals surface area contributed by atoms with Gasteiger partial charge in [0.1, 0.15) is 0 Å². The lowest BCUT2D eigenvalue weighted by Crippen LogP contribution is -1.70. The van der Waals surface area contributed by atoms with E-state index in [4.69, 9.17) is 23.2 Å². The quantitative estimate of drug-likeness (QED) is 0.553. The lowest BCUT2D eigenvalue weighted by Gasteiger charge is -1.89. The van der Waals surface area contributed by atoms with E-state index in [9.17, 15) is 0 Å². The van der Waals surface area contributed by atoms with Crippen molar-refractivity contribution in [2.24, 2.45) is 0 Å². The highest BCUT2D eigenvalue weighted by Crippen LogP contribution is 2.11. The molecule has 0 radical (unpaired) electrons. The Bertz CT molecular complexity index is 132. The van der Waals surface area contributed by atoms with Crippen LogP contribution in [0.5, 0.6) is 0 Å². The summed E-state index contributed by atoms with van der Waals surface area (Å²) in [5, 5.41) is 2.63. The second kappa shape index (κ2) is 7.86. The predicted octanol–water partition coefficient (Wildman–Crippen LogP) is 3.48. The van der Waals surface area contributed by atoms with Gasteiger partial charge in [-0.25, -0.2) is 0 Å². The van der Waals surface area contributed by atoms with E-state index in [2.05, 4.69) is 12.6 Å². The molecule has 0 fully saturated rings. The maximum Gasteiger partial charge on any atom is 0.0340 e. The molecule has 0 amide bonds. The lowest BCUT2D eigenvalue weighted by molar-refractivity contribution is 1.74. The number of thioether (sulfide) groups is 1. The van der Waals surface area contributed by atoms with Crippen molar-refractivity contribution in [3.05, 3.63) is 22.1 Å². The number of rotatable bonds is 4. The summed E-state index contributed by atoms with van der Waals surface area (Å²) in [5.41, 5.74) is 1.50. The molecule has 0 aromatic heterocycles. The van der Waals surface area contributed by atoms with Gasteiger partial charge in [0.15, 0.2) is 0 Å². The van der Waals surface area contributed by atoms with Gasteiger partial charge in [-0.15, -0.1) is 11.8 Å². The van der Waals surface area contributed by atoms with Crippen molar-refractivity contribution in [1.29, 1.82) is 0 Å². The lowest BCUT2D eigenvalue weighted by atomic mass is 10.7. The number of thiol groups is 1. The fourth-order valence-electron chi connectivity index (χ4n) is 0.268. The zero-order valence-electron chi connectivity index (χ0n) is 5.26. The summed E-state index contributed by atoms with van der Waals surface area (Å²) in [7, 11) is 0. The molecule has 58 valence electrons. The summed E-state index contributed by atoms with van der Waals surface area (Å²) in [6.45, 7) is 0. The van der Waals surface area contributed by atoms with E-state index in [1.807, 2.05) is 11.5 Å². The van der Waals surface area contributed by atoms with Crippen LogP contribution in [-0.2, 0) is 0 Å². The zero-order valence-corrected chi connectivity index (χ0v) is 8.48. The molecular weight excluding hydrogens is 207 g/mol. The monoisotopic (exact) mass is 214 g/mol. The summed E-state index contributed by atoms with van der Waals surface area (Å²) in [6.07, 6.45) is 1.85. The molecule has 0 heterocycles. The fraction of sp³-hybridized carbons (Fsp3) is 0.333. The molecular formula is C6H8Cl2S2. The molecule has 0 rings (SSSR count). The van der Waals surface area contributed by atoms with Crippen molar-refractivity contribution in [1.82, 2.24) is 0 Å². The zero-order chi connectivity index (χ0) is 7.82. The standard InChI is InChI=1S/C6H8Cl2S2/c7-2-1-3-10-5-6(8)4-9/h1-2,5,9H,3-4H2. The van der Waals surface area contributed by atoms with Crippen molar-refractivity contribution in [2.75, 3.05) is 11.5 Å². The van der Waals surface area contributed by atoms with E-state index in [1.165, 1.54) is 5.54 Å². The topological polar surface area (TPSA) is 0 Å². The van der Waals surface area contributed by atoms with Crippen molar-refractivity contribution < 1.29 is 0 Å². The first kappa shape index (κ1) is 10.8. The van der Waals surface area contributed by atoms with E-state index in [0.29, 0.717) is 5.75 Å². The highest BCUT2D eigenvalue weighted by molar-refractivity contribution is 8.02. The maximum atomic E-state index is 5.65. The number of halogens is 2. The van der Waals surface area contributed by atoms with Crippen LogP contribution in [0.1, 0.15) is 0 Å². The SMILES string of the molecule is SCC(Cl)=CSCC=CCl. The fourth-order valence-corrected chi connectivity index (χ4v) is 1.43. The van der Waals surface area contributed by atoms with E-state index in [-0.39, 0.29) is 0 Å². The van der Waals surface area contributed by atoms with Crippen LogP contribution in [0.25, 0.3) is 0 Å². The first-order valence-electron chi connectivity index (χ1n) is 2.63. The Morgan fingerprint density at radius 2 is 2.30 bits per heavy atom. The van der Waals surface area contributed by atoms with Gasteiger partial charge in [-0.05, 0) is 5.41 Å². The first-order valence-corrected chi connectivity index (χ1v) is 5.13. The van der Waals surface area contributed by atoms with Gasteiger partial charge in [-0.3, -0.25) is 0 Å². The van der Waals surface area contributed by atoms with Crippen LogP contribution in [0.4, 0.5) is 0 Å². The van der Waals surface area contributed by atoms with Crippen LogP contribution in [0.15, 0.2) is 22.1 Å². The number of hydrogen-bond donors (Lipinski definition) is 1. The van der Waals surface area contributed by atoms with E-state index >= 15 is 0 Å². The Hall–Kier alpha value is 0.760. The molecule has 10 heavy (non-hydrogen) atoms. The third kappa shape index (κ3) is 6.87. The molecule has 0 nitrogen and oxygen atoms in total. The second-order valence-corrected chi connectivity index (χ2v) is 3.37. The molecule has 0 bridgehead atoms. The molecule has 0 aliphatic carbocycles. The van der Waals surface area contributed by atoms with E-state index in [1.54, 1.807) is 11.8 Å². The molecule has 0 aromatic carbocycles. The van der Waals surface area contributed by atoms with Gasteiger partial charge >= 0.3 is 0 Å². The van der Waals surface area contributed by atoms with Crippen LogP contribution >= 0.6 is 47.6 Å². The Balaban J connectivity index is 3.33. The molecule has 0 spiro atoms. The average Bonchev–Trinajstić information content (AvgIpc) is 1.98. The van der Waals surface area contributed by atoms with Crippen molar-refractivity contribution in [3.8, 4) is 0 Å². The molecule has 4 heteroatoms. The van der Waals surface area contributed by atoms with Gasteiger partial charge in [0.05, 0.1) is 0 Å². The molecule has 0 aliphatic heterocycles. The van der Waals surface area contributed by atoms with Gasteiger partial charge in [0, 0.05) is 22.1 Å². The molecule has 0 aliphatic rings. The average molecular weight is 215 g/mol. The molecule has 0 unspecified atom stereocenters. The Kier molecular flexibility index (Phi) is 8.46. The largest absolute Gasteiger partial charge is 0.174 e. The van der Waals surface area contributed by atoms with Crippen LogP contribution in [0.3, 0.4) is 0 Å². The molecule has 0 N–H and O–H groups in total. The highest BCUT2D eigenvalue weighted by Gasteiger charge is 1.84.